The minimum absolute atomic E-state index is 0.204. The molecule has 1 saturated heterocycles. The van der Waals surface area contributed by atoms with Gasteiger partial charge in [-0.25, -0.2) is 4.98 Å². The average molecular weight is 323 g/mol. The van der Waals surface area contributed by atoms with Crippen molar-refractivity contribution in [3.8, 4) is 0 Å². The molecule has 1 N–H and O–H groups in total. The van der Waals surface area contributed by atoms with Crippen LogP contribution in [-0.4, -0.2) is 44.9 Å². The molecule has 2 aromatic heterocycles. The lowest BCUT2D eigenvalue weighted by molar-refractivity contribution is -0.129. The molecule has 1 saturated carbocycles. The predicted molar refractivity (Wildman–Crippen MR) is 90.2 cm³/mol. The van der Waals surface area contributed by atoms with Crippen molar-refractivity contribution in [2.75, 3.05) is 18.4 Å². The van der Waals surface area contributed by atoms with E-state index in [1.165, 1.54) is 6.42 Å². The van der Waals surface area contributed by atoms with Crippen molar-refractivity contribution in [2.45, 2.75) is 25.3 Å². The van der Waals surface area contributed by atoms with E-state index in [1.807, 2.05) is 17.0 Å². The molecule has 1 aliphatic heterocycles. The van der Waals surface area contributed by atoms with E-state index in [0.717, 1.165) is 30.9 Å². The highest BCUT2D eigenvalue weighted by molar-refractivity contribution is 5.79. The SMILES string of the molecule is O=C(Cc1cccnc1)N1C[C@H]2CC[C@@H](Nc3cnccn3)[C@H]2C1. The summed E-state index contributed by atoms with van der Waals surface area (Å²) in [6, 6.07) is 4.21. The second kappa shape index (κ2) is 6.55. The van der Waals surface area contributed by atoms with Gasteiger partial charge in [0.15, 0.2) is 0 Å². The van der Waals surface area contributed by atoms with Gasteiger partial charge in [0.2, 0.25) is 5.91 Å². The molecule has 6 heteroatoms. The van der Waals surface area contributed by atoms with E-state index in [0.29, 0.717) is 24.3 Å². The average Bonchev–Trinajstić information content (AvgIpc) is 3.19. The first kappa shape index (κ1) is 15.1. The smallest absolute Gasteiger partial charge is 0.227 e. The van der Waals surface area contributed by atoms with Crippen LogP contribution in [0.3, 0.4) is 0 Å². The molecule has 24 heavy (non-hydrogen) atoms. The molecule has 2 aliphatic rings. The standard InChI is InChI=1S/C18H21N5O/c24-18(8-13-2-1-5-19-9-13)23-11-14-3-4-16(15(14)12-23)22-17-10-20-6-7-21-17/h1-2,5-7,9-10,14-16H,3-4,8,11-12H2,(H,21,22)/t14-,15+,16-/m1/s1. The molecule has 4 rings (SSSR count). The van der Waals surface area contributed by atoms with E-state index in [9.17, 15) is 4.79 Å². The number of fused-ring (bicyclic) bond motifs is 1. The maximum absolute atomic E-state index is 12.6. The van der Waals surface area contributed by atoms with Crippen LogP contribution in [0.15, 0.2) is 43.1 Å². The molecule has 6 nitrogen and oxygen atoms in total. The van der Waals surface area contributed by atoms with Crippen molar-refractivity contribution >= 4 is 11.7 Å². The fourth-order valence-corrected chi connectivity index (χ4v) is 4.00. The van der Waals surface area contributed by atoms with E-state index in [2.05, 4.69) is 20.3 Å². The Bertz CT molecular complexity index is 693. The number of likely N-dealkylation sites (tertiary alicyclic amines) is 1. The maximum Gasteiger partial charge on any atom is 0.227 e. The summed E-state index contributed by atoms with van der Waals surface area (Å²) in [6.45, 7) is 1.71. The highest BCUT2D eigenvalue weighted by Gasteiger charge is 2.43. The zero-order valence-corrected chi connectivity index (χ0v) is 13.5. The van der Waals surface area contributed by atoms with Crippen molar-refractivity contribution in [3.05, 3.63) is 48.7 Å². The van der Waals surface area contributed by atoms with Crippen LogP contribution >= 0.6 is 0 Å². The first-order valence-electron chi connectivity index (χ1n) is 8.49. The van der Waals surface area contributed by atoms with Gasteiger partial charge >= 0.3 is 0 Å². The second-order valence-electron chi connectivity index (χ2n) is 6.68. The second-order valence-corrected chi connectivity index (χ2v) is 6.68. The number of carbonyl (C=O) groups excluding carboxylic acids is 1. The minimum atomic E-state index is 0.204. The number of pyridine rings is 1. The lowest BCUT2D eigenvalue weighted by Gasteiger charge is -2.22. The van der Waals surface area contributed by atoms with Crippen LogP contribution in [0.1, 0.15) is 18.4 Å². The van der Waals surface area contributed by atoms with Crippen molar-refractivity contribution < 1.29 is 4.79 Å². The Morgan fingerprint density at radius 3 is 2.88 bits per heavy atom. The van der Waals surface area contributed by atoms with Gasteiger partial charge < -0.3 is 10.2 Å². The van der Waals surface area contributed by atoms with E-state index < -0.39 is 0 Å². The van der Waals surface area contributed by atoms with Crippen LogP contribution in [0.25, 0.3) is 0 Å². The molecule has 0 unspecified atom stereocenters. The first-order chi connectivity index (χ1) is 11.8. The summed E-state index contributed by atoms with van der Waals surface area (Å²) in [7, 11) is 0. The van der Waals surface area contributed by atoms with Gasteiger partial charge in [0, 0.05) is 49.8 Å². The third-order valence-corrected chi connectivity index (χ3v) is 5.18. The van der Waals surface area contributed by atoms with E-state index >= 15 is 0 Å². The minimum Gasteiger partial charge on any atom is -0.366 e. The van der Waals surface area contributed by atoms with Crippen LogP contribution in [0, 0.1) is 11.8 Å². The first-order valence-corrected chi connectivity index (χ1v) is 8.49. The van der Waals surface area contributed by atoms with Gasteiger partial charge in [-0.2, -0.15) is 0 Å². The molecule has 2 fully saturated rings. The number of nitrogens with one attached hydrogen (secondary N) is 1. The molecule has 2 aromatic rings. The molecule has 3 heterocycles. The number of rotatable bonds is 4. The molecule has 0 radical (unpaired) electrons. The van der Waals surface area contributed by atoms with Gasteiger partial charge in [-0.3, -0.25) is 14.8 Å². The van der Waals surface area contributed by atoms with Crippen molar-refractivity contribution in [2.24, 2.45) is 11.8 Å². The van der Waals surface area contributed by atoms with Gasteiger partial charge in [0.05, 0.1) is 12.6 Å². The fourth-order valence-electron chi connectivity index (χ4n) is 4.00. The number of hydrogen-bond acceptors (Lipinski definition) is 5. The topological polar surface area (TPSA) is 71.0 Å². The van der Waals surface area contributed by atoms with Crippen LogP contribution in [-0.2, 0) is 11.2 Å². The highest BCUT2D eigenvalue weighted by Crippen LogP contribution is 2.39. The molecule has 124 valence electrons. The zero-order valence-electron chi connectivity index (χ0n) is 13.5. The summed E-state index contributed by atoms with van der Waals surface area (Å²) in [5.74, 6) is 2.13. The van der Waals surface area contributed by atoms with Gasteiger partial charge in [0.25, 0.3) is 0 Å². The quantitative estimate of drug-likeness (QED) is 0.928. The molecule has 1 aliphatic carbocycles. The summed E-state index contributed by atoms with van der Waals surface area (Å²) in [5, 5.41) is 3.50. The lowest BCUT2D eigenvalue weighted by atomic mass is 9.98. The Morgan fingerprint density at radius 1 is 1.17 bits per heavy atom. The summed E-state index contributed by atoms with van der Waals surface area (Å²) in [4.78, 5) is 27.1. The maximum atomic E-state index is 12.6. The molecule has 3 atom stereocenters. The number of hydrogen-bond donors (Lipinski definition) is 1. The monoisotopic (exact) mass is 323 g/mol. The number of aromatic nitrogens is 3. The molecule has 0 bridgehead atoms. The molecular formula is C18H21N5O. The fraction of sp³-hybridized carbons (Fsp3) is 0.444. The van der Waals surface area contributed by atoms with Crippen LogP contribution in [0.4, 0.5) is 5.82 Å². The Hall–Kier alpha value is -2.50. The molecule has 0 aromatic carbocycles. The number of amides is 1. The van der Waals surface area contributed by atoms with Gasteiger partial charge in [0.1, 0.15) is 5.82 Å². The largest absolute Gasteiger partial charge is 0.366 e. The third kappa shape index (κ3) is 3.09. The van der Waals surface area contributed by atoms with Crippen LogP contribution in [0.5, 0.6) is 0 Å². The molecular weight excluding hydrogens is 302 g/mol. The van der Waals surface area contributed by atoms with Crippen molar-refractivity contribution in [1.29, 1.82) is 0 Å². The predicted octanol–water partition coefficient (Wildman–Crippen LogP) is 1.76. The summed E-state index contributed by atoms with van der Waals surface area (Å²) in [5.41, 5.74) is 0.980. The summed E-state index contributed by atoms with van der Waals surface area (Å²) in [6.07, 6.45) is 11.4. The molecule has 1 amide bonds. The summed E-state index contributed by atoms with van der Waals surface area (Å²) >= 11 is 0. The zero-order chi connectivity index (χ0) is 16.4. The van der Waals surface area contributed by atoms with Gasteiger partial charge in [-0.1, -0.05) is 6.07 Å². The van der Waals surface area contributed by atoms with E-state index in [-0.39, 0.29) is 5.91 Å². The van der Waals surface area contributed by atoms with E-state index in [1.54, 1.807) is 31.0 Å². The lowest BCUT2D eigenvalue weighted by Crippen LogP contribution is -2.34. The number of anilines is 1. The Kier molecular flexibility index (Phi) is 4.11. The van der Waals surface area contributed by atoms with Crippen molar-refractivity contribution in [1.82, 2.24) is 19.9 Å². The number of nitrogens with zero attached hydrogens (tertiary/aromatic N) is 4. The molecule has 0 spiro atoms. The third-order valence-electron chi connectivity index (χ3n) is 5.18. The normalized spacial score (nSPS) is 25.5. The van der Waals surface area contributed by atoms with Crippen LogP contribution in [0.2, 0.25) is 0 Å². The van der Waals surface area contributed by atoms with Gasteiger partial charge in [-0.05, 0) is 30.4 Å². The van der Waals surface area contributed by atoms with E-state index in [4.69, 9.17) is 0 Å². The number of carbonyl (C=O) groups is 1. The Labute approximate surface area is 141 Å². The highest BCUT2D eigenvalue weighted by atomic mass is 16.2. The van der Waals surface area contributed by atoms with Crippen LogP contribution < -0.4 is 5.32 Å². The Morgan fingerprint density at radius 2 is 2.08 bits per heavy atom. The summed E-state index contributed by atoms with van der Waals surface area (Å²) < 4.78 is 0. The Balaban J connectivity index is 1.38. The van der Waals surface area contributed by atoms with Gasteiger partial charge in [-0.15, -0.1) is 0 Å². The van der Waals surface area contributed by atoms with Crippen molar-refractivity contribution in [3.63, 3.8) is 0 Å².